The quantitative estimate of drug-likeness (QED) is 0.396. The smallest absolute Gasteiger partial charge is 0.369 e. The number of hydrogen-bond acceptors (Lipinski definition) is 4. The molecule has 0 aliphatic heterocycles. The molecule has 0 fully saturated rings. The minimum Gasteiger partial charge on any atom is -0.369 e. The second-order valence-corrected chi connectivity index (χ2v) is 2.32. The molecule has 5 nitrogen and oxygen atoms in total. The van der Waals surface area contributed by atoms with Gasteiger partial charge in [-0.1, -0.05) is 0 Å². The van der Waals surface area contributed by atoms with Gasteiger partial charge in [0.1, 0.15) is 0 Å². The minimum absolute atomic E-state index is 0. The first-order valence-electron chi connectivity index (χ1n) is 0.730. The molecule has 0 aliphatic carbocycles. The summed E-state index contributed by atoms with van der Waals surface area (Å²) in [6.45, 7) is 0. The van der Waals surface area contributed by atoms with Crippen molar-refractivity contribution in [2.75, 3.05) is 0 Å². The molecule has 0 unspecified atom stereocenters. The van der Waals surface area contributed by atoms with Gasteiger partial charge in [0, 0.05) is 0 Å². The summed E-state index contributed by atoms with van der Waals surface area (Å²) in [5, 5.41) is 0. The Kier molecular flexibility index (Phi) is 12.6. The average Bonchev–Trinajstić information content (AvgIpc) is 0.722. The molecule has 0 aromatic heterocycles. The summed E-state index contributed by atoms with van der Waals surface area (Å²) in [6, 6.07) is 0. The van der Waals surface area contributed by atoms with Crippen LogP contribution in [0.2, 0.25) is 0 Å². The molecule has 4 N–H and O–H groups in total. The Morgan fingerprint density at radius 3 is 1.14 bits per heavy atom. The zero-order chi connectivity index (χ0) is 4.50. The molecule has 0 atom stereocenters. The van der Waals surface area contributed by atoms with Crippen molar-refractivity contribution in [2.24, 2.45) is 0 Å². The fourth-order valence-electron chi connectivity index (χ4n) is 0. The van der Waals surface area contributed by atoms with E-state index in [1.54, 1.807) is 0 Å². The summed E-state index contributed by atoms with van der Waals surface area (Å²) in [6.07, 6.45) is 0. The summed E-state index contributed by atoms with van der Waals surface area (Å²) in [5.41, 5.74) is 0. The Hall–Kier alpha value is 1.46. The third-order valence-electron chi connectivity index (χ3n) is 0. The Morgan fingerprint density at radius 1 is 1.14 bits per heavy atom. The molecule has 0 rings (SSSR count). The van der Waals surface area contributed by atoms with Crippen LogP contribution >= 0.6 is 0 Å². The topological polar surface area (TPSA) is 123 Å². The van der Waals surface area contributed by atoms with Crippen LogP contribution in [-0.4, -0.2) is 52.3 Å². The fraction of sp³-hybridized carbons (Fsp3) is 0. The van der Waals surface area contributed by atoms with E-state index in [9.17, 15) is 0 Å². The Labute approximate surface area is 73.7 Å². The Balaban J connectivity index is -0.0000000800. The average molecular weight is 197 g/mol. The number of quaternary nitrogens is 1. The van der Waals surface area contributed by atoms with Gasteiger partial charge in [0.15, 0.2) is 0 Å². The van der Waals surface area contributed by atoms with Gasteiger partial charge in [0.25, 0.3) is 0 Å². The van der Waals surface area contributed by atoms with Gasteiger partial charge in [-0.05, 0) is 0 Å². The summed E-state index contributed by atoms with van der Waals surface area (Å²) in [4.78, 5) is 0. The van der Waals surface area contributed by atoms with Crippen molar-refractivity contribution in [3.8, 4) is 0 Å². The van der Waals surface area contributed by atoms with E-state index in [1.807, 2.05) is 0 Å². The van der Waals surface area contributed by atoms with Gasteiger partial charge in [0.05, 0.1) is 0 Å². The van der Waals surface area contributed by atoms with E-state index in [-0.39, 0.29) is 43.9 Å². The molecule has 0 saturated heterocycles. The normalized spacial score (nSPS) is 8.43. The first kappa shape index (κ1) is 15.8. The number of hydrogen-bond donors (Lipinski definition) is 1. The van der Waals surface area contributed by atoms with Crippen LogP contribution in [0.1, 0.15) is 0 Å². The summed E-state index contributed by atoms with van der Waals surface area (Å²) >= 11 is -5.88. The van der Waals surface area contributed by atoms with Gasteiger partial charge in [-0.2, -0.15) is 0 Å². The van der Waals surface area contributed by atoms with Crippen LogP contribution in [0.3, 0.4) is 0 Å². The molecule has 0 bridgehead atoms. The van der Waals surface area contributed by atoms with Gasteiger partial charge in [-0.15, -0.1) is 0 Å². The maximum absolute atomic E-state index is 8.61. The van der Waals surface area contributed by atoms with Gasteiger partial charge in [-0.25, -0.2) is 0 Å². The molecule has 7 heavy (non-hydrogen) atoms. The molecule has 0 amide bonds. The van der Waals surface area contributed by atoms with E-state index in [0.29, 0.717) is 0 Å². The van der Waals surface area contributed by atoms with Crippen LogP contribution in [-0.2, 0) is 3.74 Å². The van der Waals surface area contributed by atoms with Crippen molar-refractivity contribution < 1.29 is 16.0 Å². The van der Waals surface area contributed by atoms with Crippen LogP contribution in [0.25, 0.3) is 0 Å². The molecule has 0 aromatic carbocycles. The molecule has 0 radical (unpaired) electrons. The molecule has 0 aromatic rings. The molecule has 0 saturated carbocycles. The summed E-state index contributed by atoms with van der Waals surface area (Å²) in [5.74, 6) is 0. The van der Waals surface area contributed by atoms with Gasteiger partial charge < -0.3 is 6.15 Å². The molecule has 0 aliphatic rings. The predicted octanol–water partition coefficient (Wildman–Crippen LogP) is -4.07. The zero-order valence-corrected chi connectivity index (χ0v) is 7.87. The SMILES string of the molecule is O=[As]([O-])([O-])[O-].[Ca+2].[NH4+]. The van der Waals surface area contributed by atoms with Crippen molar-refractivity contribution in [1.82, 2.24) is 6.15 Å². The standard InChI is InChI=1S/AsH3O4.Ca.H3N/c2-1(3,4)5;;/h(H3,2,3,4,5);;1H3/q;+2;/p-2. The molecule has 40 valence electrons. The second-order valence-electron chi connectivity index (χ2n) is 0.447. The van der Waals surface area contributed by atoms with Crippen LogP contribution < -0.4 is 18.4 Å². The van der Waals surface area contributed by atoms with Crippen LogP contribution in [0.15, 0.2) is 0 Å². The Bertz CT molecular complexity index is 57.8. The third kappa shape index (κ3) is 104. The van der Waals surface area contributed by atoms with Crippen LogP contribution in [0.4, 0.5) is 0 Å². The largest absolute Gasteiger partial charge is 2.00 e. The van der Waals surface area contributed by atoms with Crippen molar-refractivity contribution in [2.45, 2.75) is 0 Å². The predicted molar refractivity (Wildman–Crippen MR) is 18.2 cm³/mol. The third-order valence-corrected chi connectivity index (χ3v) is 0. The van der Waals surface area contributed by atoms with E-state index in [2.05, 4.69) is 0 Å². The maximum Gasteiger partial charge on any atom is 2.00 e. The van der Waals surface area contributed by atoms with Crippen LogP contribution in [0.5, 0.6) is 0 Å². The van der Waals surface area contributed by atoms with E-state index in [0.717, 1.165) is 0 Å². The van der Waals surface area contributed by atoms with E-state index >= 15 is 0 Å². The van der Waals surface area contributed by atoms with E-state index < -0.39 is 14.5 Å². The molecule has 7 heteroatoms. The molecule has 0 heterocycles. The van der Waals surface area contributed by atoms with Crippen LogP contribution in [0, 0.1) is 0 Å². The zero-order valence-electron chi connectivity index (χ0n) is 3.79. The Morgan fingerprint density at radius 2 is 1.14 bits per heavy atom. The molecular weight excluding hydrogens is 193 g/mol. The van der Waals surface area contributed by atoms with Crippen molar-refractivity contribution in [3.05, 3.63) is 0 Å². The van der Waals surface area contributed by atoms with E-state index in [1.165, 1.54) is 0 Å². The first-order valence-corrected chi connectivity index (χ1v) is 3.79. The van der Waals surface area contributed by atoms with E-state index in [4.69, 9.17) is 16.0 Å². The van der Waals surface area contributed by atoms with Gasteiger partial charge in [0.2, 0.25) is 0 Å². The second kappa shape index (κ2) is 5.59. The monoisotopic (exact) mass is 197 g/mol. The summed E-state index contributed by atoms with van der Waals surface area (Å²) in [7, 11) is 0. The minimum atomic E-state index is -5.88. The van der Waals surface area contributed by atoms with Crippen molar-refractivity contribution in [1.29, 1.82) is 0 Å². The molecular formula is H4AsCaNO4. The summed E-state index contributed by atoms with van der Waals surface area (Å²) < 4.78 is 34.4. The van der Waals surface area contributed by atoms with Crippen molar-refractivity contribution >= 4 is 52.3 Å². The first-order chi connectivity index (χ1) is 2.00. The fourth-order valence-corrected chi connectivity index (χ4v) is 0. The van der Waals surface area contributed by atoms with Gasteiger partial charge in [-0.3, -0.25) is 0 Å². The maximum atomic E-state index is 8.61. The van der Waals surface area contributed by atoms with Crippen molar-refractivity contribution in [3.63, 3.8) is 0 Å². The number of rotatable bonds is 0. The molecule has 0 spiro atoms. The van der Waals surface area contributed by atoms with Gasteiger partial charge >= 0.3 is 68.3 Å².